The molecule has 4 atom stereocenters. The molecule has 1 aromatic heterocycles. The number of hydrogen-bond donors (Lipinski definition) is 1. The average Bonchev–Trinajstić information content (AvgIpc) is 3.85. The van der Waals surface area contributed by atoms with E-state index in [4.69, 9.17) is 38.1 Å². The van der Waals surface area contributed by atoms with Crippen LogP contribution in [-0.4, -0.2) is 52.8 Å². The van der Waals surface area contributed by atoms with E-state index in [0.29, 0.717) is 28.7 Å². The van der Waals surface area contributed by atoms with Crippen molar-refractivity contribution >= 4 is 49.1 Å². The summed E-state index contributed by atoms with van der Waals surface area (Å²) < 4.78 is 41.8. The van der Waals surface area contributed by atoms with Gasteiger partial charge in [-0.2, -0.15) is 0 Å². The van der Waals surface area contributed by atoms with E-state index in [2.05, 4.69) is 33.4 Å². The lowest BCUT2D eigenvalue weighted by Crippen LogP contribution is -2.37. The Bertz CT molecular complexity index is 2060. The van der Waals surface area contributed by atoms with Gasteiger partial charge >= 0.3 is 5.97 Å². The number of ether oxygens (including phenoxy) is 7. The molecule has 0 amide bonds. The van der Waals surface area contributed by atoms with Crippen LogP contribution in [0.2, 0.25) is 0 Å². The summed E-state index contributed by atoms with van der Waals surface area (Å²) in [5.41, 5.74) is 5.52. The van der Waals surface area contributed by atoms with Crippen LogP contribution in [0.3, 0.4) is 0 Å². The number of benzene rings is 4. The zero-order valence-corrected chi connectivity index (χ0v) is 28.9. The fourth-order valence-electron chi connectivity index (χ4n) is 7.12. The minimum absolute atomic E-state index is 0.131. The number of rotatable bonds is 8. The minimum atomic E-state index is -0.490. The van der Waals surface area contributed by atoms with E-state index in [1.807, 2.05) is 48.5 Å². The Morgan fingerprint density at radius 1 is 0.854 bits per heavy atom. The normalized spacial score (nSPS) is 20.6. The van der Waals surface area contributed by atoms with Gasteiger partial charge in [-0.25, -0.2) is 4.98 Å². The summed E-state index contributed by atoms with van der Waals surface area (Å²) >= 11 is 5.44. The number of anilines is 1. The van der Waals surface area contributed by atoms with Gasteiger partial charge in [0, 0.05) is 33.6 Å². The van der Waals surface area contributed by atoms with Gasteiger partial charge in [-0.05, 0) is 87.2 Å². The molecule has 5 aromatic rings. The summed E-state index contributed by atoms with van der Waals surface area (Å²) in [5, 5.41) is 4.67. The molecule has 4 aromatic carbocycles. The lowest BCUT2D eigenvalue weighted by molar-refractivity contribution is -0.141. The third kappa shape index (κ3) is 4.96. The first kappa shape index (κ1) is 30.6. The monoisotopic (exact) mass is 730 g/mol. The van der Waals surface area contributed by atoms with Crippen LogP contribution in [0, 0.1) is 11.8 Å². The number of nitrogens with one attached hydrogen (secondary N) is 1. The number of cyclic esters (lactones) is 1. The highest BCUT2D eigenvalue weighted by atomic mass is 79.9. The number of fused-ring (bicyclic) bond motifs is 4. The molecule has 0 radical (unpaired) electrons. The fourth-order valence-corrected chi connectivity index (χ4v) is 8.55. The zero-order chi connectivity index (χ0) is 33.1. The minimum Gasteiger partial charge on any atom is -0.497 e. The Hall–Kier alpha value is -4.68. The first-order valence-corrected chi connectivity index (χ1v) is 16.9. The number of hydrogen-bond acceptors (Lipinski definition) is 11. The molecule has 2 aliphatic heterocycles. The smallest absolute Gasteiger partial charge is 0.310 e. The number of methoxy groups -OCH3 is 4. The van der Waals surface area contributed by atoms with Crippen LogP contribution in [0.1, 0.15) is 28.7 Å². The molecular weight excluding hydrogens is 700 g/mol. The van der Waals surface area contributed by atoms with Gasteiger partial charge in [0.25, 0.3) is 0 Å². The van der Waals surface area contributed by atoms with Crippen molar-refractivity contribution in [2.75, 3.05) is 47.2 Å². The molecule has 1 aliphatic carbocycles. The Balaban J connectivity index is 1.21. The van der Waals surface area contributed by atoms with Crippen LogP contribution in [0.4, 0.5) is 5.69 Å². The van der Waals surface area contributed by atoms with Gasteiger partial charge < -0.3 is 38.5 Å². The molecule has 246 valence electrons. The molecule has 0 unspecified atom stereocenters. The summed E-state index contributed by atoms with van der Waals surface area (Å²) in [4.78, 5) is 18.5. The molecule has 1 fully saturated rings. The molecule has 0 bridgehead atoms. The topological polar surface area (TPSA) is 107 Å². The Morgan fingerprint density at radius 3 is 2.29 bits per heavy atom. The SMILES string of the molecule is COc1ccc2sc(-c3ccc(N[C@@H]4c5cc6c(cc5[C@@H](c5cc(OC)c(OC)c(OC)c5)[C@H]5C(=O)OC[C@@H]54)OCO6)c(Br)c3)nc2c1. The number of carbonyl (C=O) groups excluding carboxylic acids is 1. The lowest BCUT2D eigenvalue weighted by Gasteiger charge is -2.40. The molecule has 0 spiro atoms. The molecular formula is C36H31BrN2O8S. The van der Waals surface area contributed by atoms with Crippen molar-refractivity contribution in [2.24, 2.45) is 11.8 Å². The molecule has 3 aliphatic rings. The lowest BCUT2D eigenvalue weighted by atomic mass is 9.65. The van der Waals surface area contributed by atoms with Gasteiger partial charge in [-0.1, -0.05) is 0 Å². The molecule has 12 heteroatoms. The number of esters is 1. The van der Waals surface area contributed by atoms with Crippen molar-refractivity contribution in [3.05, 3.63) is 81.8 Å². The highest BCUT2D eigenvalue weighted by Gasteiger charge is 2.53. The summed E-state index contributed by atoms with van der Waals surface area (Å²) in [6, 6.07) is 19.6. The van der Waals surface area contributed by atoms with Crippen molar-refractivity contribution in [3.63, 3.8) is 0 Å². The molecule has 8 rings (SSSR count). The van der Waals surface area contributed by atoms with E-state index in [1.54, 1.807) is 39.8 Å². The van der Waals surface area contributed by atoms with E-state index in [-0.39, 0.29) is 37.2 Å². The number of thiazole rings is 1. The average molecular weight is 732 g/mol. The maximum absolute atomic E-state index is 13.6. The summed E-state index contributed by atoms with van der Waals surface area (Å²) in [7, 11) is 6.38. The van der Waals surface area contributed by atoms with Crippen molar-refractivity contribution in [3.8, 4) is 45.1 Å². The summed E-state index contributed by atoms with van der Waals surface area (Å²) in [5.74, 6) is 2.26. The molecule has 3 heterocycles. The summed E-state index contributed by atoms with van der Waals surface area (Å²) in [6.07, 6.45) is 0. The maximum atomic E-state index is 13.6. The third-order valence-electron chi connectivity index (χ3n) is 9.36. The molecule has 10 nitrogen and oxygen atoms in total. The predicted octanol–water partition coefficient (Wildman–Crippen LogP) is 7.58. The molecule has 1 N–H and O–H groups in total. The first-order chi connectivity index (χ1) is 23.4. The van der Waals surface area contributed by atoms with Gasteiger partial charge in [-0.15, -0.1) is 11.3 Å². The van der Waals surface area contributed by atoms with E-state index in [9.17, 15) is 4.79 Å². The quantitative estimate of drug-likeness (QED) is 0.161. The Kier molecular flexibility index (Phi) is 7.72. The molecule has 1 saturated heterocycles. The van der Waals surface area contributed by atoms with E-state index < -0.39 is 5.92 Å². The van der Waals surface area contributed by atoms with E-state index in [1.165, 1.54) is 0 Å². The van der Waals surface area contributed by atoms with Crippen LogP contribution in [0.25, 0.3) is 20.8 Å². The van der Waals surface area contributed by atoms with E-state index >= 15 is 0 Å². The van der Waals surface area contributed by atoms with Crippen molar-refractivity contribution in [2.45, 2.75) is 12.0 Å². The Labute approximate surface area is 289 Å². The first-order valence-electron chi connectivity index (χ1n) is 15.3. The maximum Gasteiger partial charge on any atom is 0.310 e. The van der Waals surface area contributed by atoms with Crippen molar-refractivity contribution in [1.82, 2.24) is 4.98 Å². The van der Waals surface area contributed by atoms with Crippen LogP contribution < -0.4 is 33.7 Å². The van der Waals surface area contributed by atoms with Crippen LogP contribution in [-0.2, 0) is 9.53 Å². The van der Waals surface area contributed by atoms with Crippen molar-refractivity contribution in [1.29, 1.82) is 0 Å². The number of halogens is 1. The predicted molar refractivity (Wildman–Crippen MR) is 184 cm³/mol. The van der Waals surface area contributed by atoms with Gasteiger partial charge in [0.15, 0.2) is 23.0 Å². The molecule has 48 heavy (non-hydrogen) atoms. The Morgan fingerprint density at radius 2 is 1.60 bits per heavy atom. The van der Waals surface area contributed by atoms with Crippen LogP contribution >= 0.6 is 27.3 Å². The number of aromatic nitrogens is 1. The van der Waals surface area contributed by atoms with Crippen LogP contribution in [0.15, 0.2) is 65.1 Å². The van der Waals surface area contributed by atoms with Crippen LogP contribution in [0.5, 0.6) is 34.5 Å². The second-order valence-electron chi connectivity index (χ2n) is 11.8. The third-order valence-corrected chi connectivity index (χ3v) is 11.1. The highest BCUT2D eigenvalue weighted by Crippen LogP contribution is 2.56. The summed E-state index contributed by atoms with van der Waals surface area (Å²) in [6.45, 7) is 0.395. The largest absolute Gasteiger partial charge is 0.497 e. The van der Waals surface area contributed by atoms with Gasteiger partial charge in [0.1, 0.15) is 10.8 Å². The van der Waals surface area contributed by atoms with Gasteiger partial charge in [0.2, 0.25) is 12.5 Å². The van der Waals surface area contributed by atoms with Crippen molar-refractivity contribution < 1.29 is 38.0 Å². The highest BCUT2D eigenvalue weighted by molar-refractivity contribution is 9.10. The van der Waals surface area contributed by atoms with Gasteiger partial charge in [-0.3, -0.25) is 4.79 Å². The second kappa shape index (κ2) is 12.1. The standard InChI is InChI=1S/C36H31BrN2O8S/c1-41-19-6-8-30-25(12-19)39-35(48-30)17-5-7-24(23(37)9-17)38-33-21-14-27-26(46-16-47-27)13-20(21)31(32-22(33)15-45-36(32)40)18-10-28(42-2)34(44-4)29(11-18)43-3/h5-14,22,31-33,38H,15-16H2,1-4H3/t22-,31+,32-,33+/m0/s1. The second-order valence-corrected chi connectivity index (χ2v) is 13.6. The zero-order valence-electron chi connectivity index (χ0n) is 26.5. The van der Waals surface area contributed by atoms with E-state index in [0.717, 1.165) is 53.4 Å². The molecule has 0 saturated carbocycles. The number of carbonyl (C=O) groups is 1. The van der Waals surface area contributed by atoms with Gasteiger partial charge in [0.05, 0.1) is 57.2 Å². The number of nitrogens with zero attached hydrogens (tertiary/aromatic N) is 1. The fraction of sp³-hybridized carbons (Fsp3) is 0.278.